The monoisotopic (exact) mass is 397 g/mol. The van der Waals surface area contributed by atoms with E-state index in [0.717, 1.165) is 12.8 Å². The number of esters is 1. The zero-order valence-corrected chi connectivity index (χ0v) is 16.2. The van der Waals surface area contributed by atoms with Gasteiger partial charge in [-0.15, -0.1) is 0 Å². The minimum absolute atomic E-state index is 0.289. The Morgan fingerprint density at radius 2 is 1.71 bits per heavy atom. The first-order valence-corrected chi connectivity index (χ1v) is 9.57. The predicted octanol–water partition coefficient (Wildman–Crippen LogP) is 4.86. The summed E-state index contributed by atoms with van der Waals surface area (Å²) in [6.07, 6.45) is 8.22. The van der Waals surface area contributed by atoms with Crippen LogP contribution in [-0.4, -0.2) is 24.5 Å². The average molecular weight is 398 g/mol. The van der Waals surface area contributed by atoms with E-state index < -0.39 is 6.04 Å². The molecule has 0 aliphatic carbocycles. The molecule has 0 fully saturated rings. The largest absolute Gasteiger partial charge is 0.464 e. The number of hydrogen-bond acceptors (Lipinski definition) is 3. The van der Waals surface area contributed by atoms with Gasteiger partial charge < -0.3 is 10.1 Å². The third-order valence-electron chi connectivity index (χ3n) is 3.81. The fourth-order valence-electron chi connectivity index (χ4n) is 2.34. The van der Waals surface area contributed by atoms with Gasteiger partial charge in [-0.2, -0.15) is 0 Å². The van der Waals surface area contributed by atoms with Crippen molar-refractivity contribution < 1.29 is 14.3 Å². The second-order valence-corrected chi connectivity index (χ2v) is 6.82. The van der Waals surface area contributed by atoms with E-state index in [0.29, 0.717) is 16.6 Å². The van der Waals surface area contributed by atoms with Crippen molar-refractivity contribution in [2.75, 3.05) is 6.61 Å². The maximum absolute atomic E-state index is 12.1. The van der Waals surface area contributed by atoms with Gasteiger partial charge >= 0.3 is 5.97 Å². The summed E-state index contributed by atoms with van der Waals surface area (Å²) in [6.45, 7) is 4.26. The van der Waals surface area contributed by atoms with Crippen LogP contribution in [0.5, 0.6) is 0 Å². The van der Waals surface area contributed by atoms with Crippen LogP contribution in [0.25, 0.3) is 0 Å². The van der Waals surface area contributed by atoms with Gasteiger partial charge in [0.05, 0.1) is 12.2 Å². The second kappa shape index (κ2) is 12.1. The van der Waals surface area contributed by atoms with Gasteiger partial charge in [-0.1, -0.05) is 57.6 Å². The minimum Gasteiger partial charge on any atom is -0.464 e. The summed E-state index contributed by atoms with van der Waals surface area (Å²) in [7, 11) is 0. The van der Waals surface area contributed by atoms with E-state index in [9.17, 15) is 9.59 Å². The fraction of sp³-hybridized carbons (Fsp3) is 0.579. The number of carbonyl (C=O) groups is 2. The van der Waals surface area contributed by atoms with Crippen LogP contribution in [0.2, 0.25) is 0 Å². The summed E-state index contributed by atoms with van der Waals surface area (Å²) in [6, 6.07) is 6.45. The van der Waals surface area contributed by atoms with Gasteiger partial charge in [-0.3, -0.25) is 4.79 Å². The van der Waals surface area contributed by atoms with Crippen molar-refractivity contribution in [3.05, 3.63) is 34.3 Å². The number of carbonyl (C=O) groups excluding carboxylic acids is 2. The number of benzene rings is 1. The third kappa shape index (κ3) is 7.95. The predicted molar refractivity (Wildman–Crippen MR) is 100 cm³/mol. The summed E-state index contributed by atoms with van der Waals surface area (Å²) >= 11 is 3.33. The highest BCUT2D eigenvalue weighted by atomic mass is 79.9. The molecule has 0 aliphatic heterocycles. The third-order valence-corrected chi connectivity index (χ3v) is 4.50. The smallest absolute Gasteiger partial charge is 0.328 e. The molecule has 1 amide bonds. The molecule has 1 aromatic rings. The standard InChI is InChI=1S/C19H28BrNO3/c1-3-4-5-6-7-8-11-14-24-19(23)15(2)21-18(22)16-12-9-10-13-17(16)20/h9-10,12-13,15H,3-8,11,14H2,1-2H3,(H,21,22). The Bertz CT molecular complexity index is 519. The highest BCUT2D eigenvalue weighted by molar-refractivity contribution is 9.10. The maximum Gasteiger partial charge on any atom is 0.328 e. The van der Waals surface area contributed by atoms with Crippen molar-refractivity contribution in [2.24, 2.45) is 0 Å². The molecular formula is C19H28BrNO3. The molecule has 24 heavy (non-hydrogen) atoms. The number of ether oxygens (including phenoxy) is 1. The number of rotatable bonds is 11. The van der Waals surface area contributed by atoms with Crippen LogP contribution in [0.15, 0.2) is 28.7 Å². The van der Waals surface area contributed by atoms with Crippen LogP contribution in [0, 0.1) is 0 Å². The molecule has 0 aromatic heterocycles. The number of nitrogens with one attached hydrogen (secondary N) is 1. The van der Waals surface area contributed by atoms with E-state index in [2.05, 4.69) is 28.2 Å². The highest BCUT2D eigenvalue weighted by Crippen LogP contribution is 2.15. The Morgan fingerprint density at radius 3 is 2.38 bits per heavy atom. The molecule has 4 nitrogen and oxygen atoms in total. The summed E-state index contributed by atoms with van der Waals surface area (Å²) in [5, 5.41) is 2.67. The quantitative estimate of drug-likeness (QED) is 0.428. The zero-order chi connectivity index (χ0) is 17.8. The van der Waals surface area contributed by atoms with Gasteiger partial charge in [0, 0.05) is 4.47 Å². The van der Waals surface area contributed by atoms with Crippen molar-refractivity contribution in [2.45, 2.75) is 64.8 Å². The number of unbranched alkanes of at least 4 members (excludes halogenated alkanes) is 6. The normalized spacial score (nSPS) is 11.8. The van der Waals surface area contributed by atoms with Gasteiger partial charge in [0.1, 0.15) is 6.04 Å². The Kier molecular flexibility index (Phi) is 10.4. The average Bonchev–Trinajstić information content (AvgIpc) is 2.57. The lowest BCUT2D eigenvalue weighted by Gasteiger charge is -2.14. The Balaban J connectivity index is 2.21. The first-order chi connectivity index (χ1) is 11.6. The molecule has 1 N–H and O–H groups in total. The van der Waals surface area contributed by atoms with E-state index >= 15 is 0 Å². The first kappa shape index (κ1) is 20.7. The van der Waals surface area contributed by atoms with Gasteiger partial charge in [0.2, 0.25) is 0 Å². The molecule has 5 heteroatoms. The lowest BCUT2D eigenvalue weighted by atomic mass is 10.1. The summed E-state index contributed by atoms with van der Waals surface area (Å²) < 4.78 is 5.93. The van der Waals surface area contributed by atoms with Crippen molar-refractivity contribution in [1.29, 1.82) is 0 Å². The molecule has 1 aromatic carbocycles. The summed E-state index contributed by atoms with van der Waals surface area (Å²) in [4.78, 5) is 24.1. The Hall–Kier alpha value is -1.36. The Morgan fingerprint density at radius 1 is 1.08 bits per heavy atom. The molecule has 1 atom stereocenters. The van der Waals surface area contributed by atoms with Crippen LogP contribution >= 0.6 is 15.9 Å². The van der Waals surface area contributed by atoms with Crippen molar-refractivity contribution in [3.8, 4) is 0 Å². The van der Waals surface area contributed by atoms with Gasteiger partial charge in [-0.25, -0.2) is 4.79 Å². The molecule has 0 bridgehead atoms. The van der Waals surface area contributed by atoms with Gasteiger partial charge in [0.25, 0.3) is 5.91 Å². The molecule has 0 spiro atoms. The van der Waals surface area contributed by atoms with Crippen molar-refractivity contribution in [1.82, 2.24) is 5.32 Å². The van der Waals surface area contributed by atoms with Crippen LogP contribution in [-0.2, 0) is 9.53 Å². The van der Waals surface area contributed by atoms with Crippen LogP contribution in [0.1, 0.15) is 69.2 Å². The molecule has 0 radical (unpaired) electrons. The van der Waals surface area contributed by atoms with Crippen molar-refractivity contribution >= 4 is 27.8 Å². The number of hydrogen-bond donors (Lipinski definition) is 1. The zero-order valence-electron chi connectivity index (χ0n) is 14.6. The molecule has 134 valence electrons. The van der Waals surface area contributed by atoms with E-state index in [4.69, 9.17) is 4.74 Å². The highest BCUT2D eigenvalue weighted by Gasteiger charge is 2.18. The lowest BCUT2D eigenvalue weighted by molar-refractivity contribution is -0.145. The maximum atomic E-state index is 12.1. The SMILES string of the molecule is CCCCCCCCCOC(=O)C(C)NC(=O)c1ccccc1Br. The molecular weight excluding hydrogens is 370 g/mol. The second-order valence-electron chi connectivity index (χ2n) is 5.96. The molecule has 0 aliphatic rings. The van der Waals surface area contributed by atoms with E-state index in [1.807, 2.05) is 6.07 Å². The van der Waals surface area contributed by atoms with Gasteiger partial charge in [0.15, 0.2) is 0 Å². The lowest BCUT2D eigenvalue weighted by Crippen LogP contribution is -2.39. The molecule has 0 saturated heterocycles. The van der Waals surface area contributed by atoms with Crippen LogP contribution in [0.3, 0.4) is 0 Å². The van der Waals surface area contributed by atoms with E-state index in [1.165, 1.54) is 32.1 Å². The van der Waals surface area contributed by atoms with Crippen LogP contribution < -0.4 is 5.32 Å². The summed E-state index contributed by atoms with van der Waals surface area (Å²) in [5.41, 5.74) is 0.504. The van der Waals surface area contributed by atoms with Crippen molar-refractivity contribution in [3.63, 3.8) is 0 Å². The number of amides is 1. The van der Waals surface area contributed by atoms with Crippen LogP contribution in [0.4, 0.5) is 0 Å². The molecule has 0 heterocycles. The first-order valence-electron chi connectivity index (χ1n) is 8.78. The topological polar surface area (TPSA) is 55.4 Å². The fourth-order valence-corrected chi connectivity index (χ4v) is 2.80. The van der Waals surface area contributed by atoms with E-state index in [-0.39, 0.29) is 11.9 Å². The summed E-state index contributed by atoms with van der Waals surface area (Å²) in [5.74, 6) is -0.677. The minimum atomic E-state index is -0.658. The molecule has 1 rings (SSSR count). The number of halogens is 1. The molecule has 0 saturated carbocycles. The molecule has 1 unspecified atom stereocenters. The van der Waals surface area contributed by atoms with E-state index in [1.54, 1.807) is 25.1 Å². The van der Waals surface area contributed by atoms with Gasteiger partial charge in [-0.05, 0) is 41.4 Å². The Labute approximate surface area is 153 Å².